The standard InChI is InChI=1S/C24H31BrN2O2S/c1-5-18(3)26-24(29)19(4)27(16-20-7-6-8-21(25)15-20)23(28)13-14-30-22-11-9-17(2)10-12-22/h6-12,15,18-19H,5,13-14,16H2,1-4H3,(H,26,29)/t18-,19-/m0/s1. The molecule has 0 bridgehead atoms. The lowest BCUT2D eigenvalue weighted by atomic mass is 10.1. The van der Waals surface area contributed by atoms with Crippen LogP contribution in [-0.2, 0) is 16.1 Å². The van der Waals surface area contributed by atoms with Crippen molar-refractivity contribution in [1.82, 2.24) is 10.2 Å². The molecule has 0 aromatic heterocycles. The largest absolute Gasteiger partial charge is 0.352 e. The van der Waals surface area contributed by atoms with Crippen molar-refractivity contribution in [2.45, 2.75) is 64.1 Å². The first-order valence-electron chi connectivity index (χ1n) is 10.3. The van der Waals surface area contributed by atoms with Crippen LogP contribution in [0.4, 0.5) is 0 Å². The van der Waals surface area contributed by atoms with Crippen LogP contribution in [-0.4, -0.2) is 34.6 Å². The molecule has 0 heterocycles. The second-order valence-electron chi connectivity index (χ2n) is 7.56. The summed E-state index contributed by atoms with van der Waals surface area (Å²) in [6.07, 6.45) is 1.23. The third-order valence-electron chi connectivity index (χ3n) is 5.02. The predicted molar refractivity (Wildman–Crippen MR) is 129 cm³/mol. The molecule has 2 atom stereocenters. The van der Waals surface area contributed by atoms with E-state index in [1.54, 1.807) is 23.6 Å². The molecule has 162 valence electrons. The zero-order valence-corrected chi connectivity index (χ0v) is 20.6. The number of carbonyl (C=O) groups excluding carboxylic acids is 2. The average molecular weight is 491 g/mol. The van der Waals surface area contributed by atoms with Gasteiger partial charge in [0.2, 0.25) is 11.8 Å². The van der Waals surface area contributed by atoms with E-state index in [2.05, 4.69) is 52.4 Å². The topological polar surface area (TPSA) is 49.4 Å². The van der Waals surface area contributed by atoms with Crippen LogP contribution in [0.2, 0.25) is 0 Å². The molecular formula is C24H31BrN2O2S. The SMILES string of the molecule is CC[C@H](C)NC(=O)[C@H](C)N(Cc1cccc(Br)c1)C(=O)CCSc1ccc(C)cc1. The molecule has 2 aromatic rings. The number of amides is 2. The first-order chi connectivity index (χ1) is 14.3. The van der Waals surface area contributed by atoms with Gasteiger partial charge < -0.3 is 10.2 Å². The van der Waals surface area contributed by atoms with Crippen molar-refractivity contribution in [2.24, 2.45) is 0 Å². The number of benzene rings is 2. The molecule has 0 aliphatic rings. The zero-order valence-electron chi connectivity index (χ0n) is 18.2. The number of hydrogen-bond donors (Lipinski definition) is 1. The lowest BCUT2D eigenvalue weighted by Crippen LogP contribution is -2.49. The molecule has 0 saturated heterocycles. The Balaban J connectivity index is 2.07. The first kappa shape index (κ1) is 24.5. The first-order valence-corrected chi connectivity index (χ1v) is 12.1. The molecule has 4 nitrogen and oxygen atoms in total. The zero-order chi connectivity index (χ0) is 22.1. The van der Waals surface area contributed by atoms with Gasteiger partial charge in [-0.1, -0.05) is 52.7 Å². The van der Waals surface area contributed by atoms with Crippen LogP contribution in [0.5, 0.6) is 0 Å². The van der Waals surface area contributed by atoms with Crippen molar-refractivity contribution in [1.29, 1.82) is 0 Å². The Morgan fingerprint density at radius 1 is 1.13 bits per heavy atom. The van der Waals surface area contributed by atoms with Gasteiger partial charge >= 0.3 is 0 Å². The monoisotopic (exact) mass is 490 g/mol. The summed E-state index contributed by atoms with van der Waals surface area (Å²) in [5, 5.41) is 3.00. The number of halogens is 1. The van der Waals surface area contributed by atoms with E-state index in [1.807, 2.05) is 38.1 Å². The van der Waals surface area contributed by atoms with Gasteiger partial charge in [0.1, 0.15) is 6.04 Å². The minimum atomic E-state index is -0.533. The molecule has 0 saturated carbocycles. The predicted octanol–water partition coefficient (Wildman–Crippen LogP) is 5.57. The van der Waals surface area contributed by atoms with E-state index in [0.29, 0.717) is 18.7 Å². The number of nitrogens with one attached hydrogen (secondary N) is 1. The summed E-state index contributed by atoms with van der Waals surface area (Å²) < 4.78 is 0.957. The highest BCUT2D eigenvalue weighted by molar-refractivity contribution is 9.10. The van der Waals surface area contributed by atoms with Gasteiger partial charge in [0.15, 0.2) is 0 Å². The molecule has 30 heavy (non-hydrogen) atoms. The van der Waals surface area contributed by atoms with Gasteiger partial charge in [0.25, 0.3) is 0 Å². The Bertz CT molecular complexity index is 841. The van der Waals surface area contributed by atoms with Crippen LogP contribution < -0.4 is 5.32 Å². The maximum atomic E-state index is 13.1. The van der Waals surface area contributed by atoms with Crippen molar-refractivity contribution >= 4 is 39.5 Å². The number of hydrogen-bond acceptors (Lipinski definition) is 3. The smallest absolute Gasteiger partial charge is 0.242 e. The number of rotatable bonds is 10. The Labute approximate surface area is 192 Å². The van der Waals surface area contributed by atoms with Gasteiger partial charge in [-0.05, 0) is 57.0 Å². The number of aryl methyl sites for hydroxylation is 1. The molecule has 0 fully saturated rings. The van der Waals surface area contributed by atoms with Gasteiger partial charge in [0.05, 0.1) is 0 Å². The van der Waals surface area contributed by atoms with Crippen molar-refractivity contribution < 1.29 is 9.59 Å². The summed E-state index contributed by atoms with van der Waals surface area (Å²) in [4.78, 5) is 28.7. The van der Waals surface area contributed by atoms with Crippen molar-refractivity contribution in [3.05, 3.63) is 64.1 Å². The fraction of sp³-hybridized carbons (Fsp3) is 0.417. The summed E-state index contributed by atoms with van der Waals surface area (Å²) in [6.45, 7) is 8.28. The summed E-state index contributed by atoms with van der Waals surface area (Å²) in [5.74, 6) is 0.552. The van der Waals surface area contributed by atoms with Gasteiger partial charge in [0, 0.05) is 34.1 Å². The lowest BCUT2D eigenvalue weighted by molar-refractivity contribution is -0.140. The quantitative estimate of drug-likeness (QED) is 0.442. The van der Waals surface area contributed by atoms with Crippen LogP contribution >= 0.6 is 27.7 Å². The van der Waals surface area contributed by atoms with Crippen LogP contribution in [0, 0.1) is 6.92 Å². The van der Waals surface area contributed by atoms with E-state index in [9.17, 15) is 9.59 Å². The van der Waals surface area contributed by atoms with E-state index < -0.39 is 6.04 Å². The molecule has 0 spiro atoms. The van der Waals surface area contributed by atoms with E-state index in [0.717, 1.165) is 21.4 Å². The summed E-state index contributed by atoms with van der Waals surface area (Å²) in [6, 6.07) is 15.7. The van der Waals surface area contributed by atoms with E-state index in [1.165, 1.54) is 5.56 Å². The van der Waals surface area contributed by atoms with E-state index in [-0.39, 0.29) is 17.9 Å². The molecule has 2 amide bonds. The van der Waals surface area contributed by atoms with Gasteiger partial charge in [-0.2, -0.15) is 0 Å². The fourth-order valence-electron chi connectivity index (χ4n) is 2.91. The van der Waals surface area contributed by atoms with Gasteiger partial charge in [-0.15, -0.1) is 11.8 Å². The van der Waals surface area contributed by atoms with Crippen molar-refractivity contribution in [3.63, 3.8) is 0 Å². The van der Waals surface area contributed by atoms with Crippen LogP contribution in [0.15, 0.2) is 57.9 Å². The molecule has 1 N–H and O–H groups in total. The third kappa shape index (κ3) is 7.80. The Morgan fingerprint density at radius 2 is 1.83 bits per heavy atom. The molecule has 2 rings (SSSR count). The maximum absolute atomic E-state index is 13.1. The summed E-state index contributed by atoms with van der Waals surface area (Å²) >= 11 is 5.15. The van der Waals surface area contributed by atoms with Crippen molar-refractivity contribution in [2.75, 3.05) is 5.75 Å². The van der Waals surface area contributed by atoms with Crippen LogP contribution in [0.1, 0.15) is 44.7 Å². The Kier molecular flexibility index (Phi) is 9.92. The number of nitrogens with zero attached hydrogens (tertiary/aromatic N) is 1. The molecule has 0 unspecified atom stereocenters. The maximum Gasteiger partial charge on any atom is 0.242 e. The van der Waals surface area contributed by atoms with Crippen LogP contribution in [0.25, 0.3) is 0 Å². The molecule has 2 aromatic carbocycles. The molecule has 0 radical (unpaired) electrons. The highest BCUT2D eigenvalue weighted by Crippen LogP contribution is 2.21. The second-order valence-corrected chi connectivity index (χ2v) is 9.64. The highest BCUT2D eigenvalue weighted by atomic mass is 79.9. The number of thioether (sulfide) groups is 1. The van der Waals surface area contributed by atoms with Gasteiger partial charge in [-0.25, -0.2) is 0 Å². The average Bonchev–Trinajstić information content (AvgIpc) is 2.72. The lowest BCUT2D eigenvalue weighted by Gasteiger charge is -2.29. The minimum absolute atomic E-state index is 0.0126. The molecule has 0 aliphatic heterocycles. The van der Waals surface area contributed by atoms with E-state index >= 15 is 0 Å². The Morgan fingerprint density at radius 3 is 2.47 bits per heavy atom. The Hall–Kier alpha value is -1.79. The molecule has 0 aliphatic carbocycles. The fourth-order valence-corrected chi connectivity index (χ4v) is 4.20. The third-order valence-corrected chi connectivity index (χ3v) is 6.52. The van der Waals surface area contributed by atoms with E-state index in [4.69, 9.17) is 0 Å². The minimum Gasteiger partial charge on any atom is -0.352 e. The highest BCUT2D eigenvalue weighted by Gasteiger charge is 2.26. The second kappa shape index (κ2) is 12.2. The molecule has 6 heteroatoms. The summed E-state index contributed by atoms with van der Waals surface area (Å²) in [7, 11) is 0. The number of carbonyl (C=O) groups is 2. The van der Waals surface area contributed by atoms with Crippen LogP contribution in [0.3, 0.4) is 0 Å². The molecular weight excluding hydrogens is 460 g/mol. The normalized spacial score (nSPS) is 12.8. The van der Waals surface area contributed by atoms with Crippen molar-refractivity contribution in [3.8, 4) is 0 Å². The summed E-state index contributed by atoms with van der Waals surface area (Å²) in [5.41, 5.74) is 2.21. The van der Waals surface area contributed by atoms with Gasteiger partial charge in [-0.3, -0.25) is 9.59 Å².